The second-order valence-electron chi connectivity index (χ2n) is 4.68. The van der Waals surface area contributed by atoms with Crippen molar-refractivity contribution in [2.24, 2.45) is 0 Å². The molecule has 6 heteroatoms. The summed E-state index contributed by atoms with van der Waals surface area (Å²) in [7, 11) is 0. The third-order valence-corrected chi connectivity index (χ3v) is 3.11. The van der Waals surface area contributed by atoms with E-state index in [1.54, 1.807) is 36.7 Å². The zero-order chi connectivity index (χ0) is 14.5. The second-order valence-corrected chi connectivity index (χ2v) is 4.68. The van der Waals surface area contributed by atoms with Gasteiger partial charge in [0, 0.05) is 36.8 Å². The number of aromatic nitrogens is 2. The number of carbonyl (C=O) groups is 1. The van der Waals surface area contributed by atoms with E-state index in [0.717, 1.165) is 13.0 Å². The topological polar surface area (TPSA) is 73.3 Å². The molecule has 1 aliphatic heterocycles. The van der Waals surface area contributed by atoms with Gasteiger partial charge >= 0.3 is 0 Å². The Kier molecular flexibility index (Phi) is 4.07. The Bertz CT molecular complexity index is 595. The van der Waals surface area contributed by atoms with E-state index in [4.69, 9.17) is 9.47 Å². The minimum Gasteiger partial charge on any atom is -0.472 e. The van der Waals surface area contributed by atoms with E-state index >= 15 is 0 Å². The zero-order valence-corrected chi connectivity index (χ0v) is 11.4. The maximum atomic E-state index is 12.0. The van der Waals surface area contributed by atoms with E-state index in [-0.39, 0.29) is 12.0 Å². The Hall–Kier alpha value is -2.47. The number of nitrogens with one attached hydrogen (secondary N) is 1. The number of anilines is 1. The van der Waals surface area contributed by atoms with Gasteiger partial charge in [-0.3, -0.25) is 9.78 Å². The van der Waals surface area contributed by atoms with Gasteiger partial charge in [0.15, 0.2) is 0 Å². The van der Waals surface area contributed by atoms with Crippen LogP contribution in [0.5, 0.6) is 5.88 Å². The summed E-state index contributed by atoms with van der Waals surface area (Å²) < 4.78 is 10.9. The average Bonchev–Trinajstić information content (AvgIpc) is 3.02. The summed E-state index contributed by atoms with van der Waals surface area (Å²) in [6, 6.07) is 6.83. The zero-order valence-electron chi connectivity index (χ0n) is 11.4. The van der Waals surface area contributed by atoms with Crippen molar-refractivity contribution in [3.8, 4) is 5.88 Å². The van der Waals surface area contributed by atoms with Crippen molar-refractivity contribution < 1.29 is 14.3 Å². The quantitative estimate of drug-likeness (QED) is 0.928. The fraction of sp³-hybridized carbons (Fsp3) is 0.267. The molecule has 0 saturated carbocycles. The first-order valence-electron chi connectivity index (χ1n) is 6.73. The van der Waals surface area contributed by atoms with E-state index in [2.05, 4.69) is 15.3 Å². The standard InChI is InChI=1S/C15H15N3O3/c19-15(18-12-3-6-16-7-4-12)11-1-2-14(17-9-11)21-13-5-8-20-10-13/h1-4,6-7,9,13H,5,8,10H2,(H,16,18,19). The number of amides is 1. The molecule has 108 valence electrons. The molecule has 1 unspecified atom stereocenters. The lowest BCUT2D eigenvalue weighted by atomic mass is 10.2. The first kappa shape index (κ1) is 13.5. The lowest BCUT2D eigenvalue weighted by molar-refractivity contribution is 0.102. The van der Waals surface area contributed by atoms with Crippen molar-refractivity contribution in [3.05, 3.63) is 48.4 Å². The molecule has 2 aromatic heterocycles. The number of ether oxygens (including phenoxy) is 2. The van der Waals surface area contributed by atoms with E-state index < -0.39 is 0 Å². The summed E-state index contributed by atoms with van der Waals surface area (Å²) in [5, 5.41) is 2.77. The molecule has 1 fully saturated rings. The normalized spacial score (nSPS) is 17.4. The molecule has 0 aliphatic carbocycles. The van der Waals surface area contributed by atoms with Crippen LogP contribution < -0.4 is 10.1 Å². The van der Waals surface area contributed by atoms with Crippen LogP contribution in [0.4, 0.5) is 5.69 Å². The highest BCUT2D eigenvalue weighted by atomic mass is 16.5. The summed E-state index contributed by atoms with van der Waals surface area (Å²) in [5.74, 6) is 0.287. The molecule has 0 spiro atoms. The number of hydrogen-bond donors (Lipinski definition) is 1. The van der Waals surface area contributed by atoms with Gasteiger partial charge in [0.2, 0.25) is 5.88 Å². The lowest BCUT2D eigenvalue weighted by Gasteiger charge is -2.11. The van der Waals surface area contributed by atoms with Crippen LogP contribution in [0, 0.1) is 0 Å². The van der Waals surface area contributed by atoms with Gasteiger partial charge in [-0.05, 0) is 18.2 Å². The number of nitrogens with zero attached hydrogens (tertiary/aromatic N) is 2. The highest BCUT2D eigenvalue weighted by Crippen LogP contribution is 2.15. The maximum absolute atomic E-state index is 12.0. The van der Waals surface area contributed by atoms with Gasteiger partial charge < -0.3 is 14.8 Å². The van der Waals surface area contributed by atoms with Gasteiger partial charge in [-0.25, -0.2) is 4.98 Å². The smallest absolute Gasteiger partial charge is 0.257 e. The molecule has 1 atom stereocenters. The molecule has 6 nitrogen and oxygen atoms in total. The predicted octanol–water partition coefficient (Wildman–Crippen LogP) is 1.90. The summed E-state index contributed by atoms with van der Waals surface area (Å²) in [4.78, 5) is 20.1. The first-order valence-corrected chi connectivity index (χ1v) is 6.73. The largest absolute Gasteiger partial charge is 0.472 e. The van der Waals surface area contributed by atoms with Crippen LogP contribution in [-0.2, 0) is 4.74 Å². The van der Waals surface area contributed by atoms with Crippen LogP contribution in [0.25, 0.3) is 0 Å². The minimum atomic E-state index is -0.218. The average molecular weight is 285 g/mol. The third-order valence-electron chi connectivity index (χ3n) is 3.11. The second kappa shape index (κ2) is 6.32. The fourth-order valence-corrected chi connectivity index (χ4v) is 2.00. The highest BCUT2D eigenvalue weighted by Gasteiger charge is 2.17. The molecule has 3 rings (SSSR count). The number of hydrogen-bond acceptors (Lipinski definition) is 5. The van der Waals surface area contributed by atoms with Crippen molar-refractivity contribution in [1.29, 1.82) is 0 Å². The van der Waals surface area contributed by atoms with Crippen molar-refractivity contribution >= 4 is 11.6 Å². The molecule has 3 heterocycles. The van der Waals surface area contributed by atoms with Crippen molar-refractivity contribution in [2.75, 3.05) is 18.5 Å². The Balaban J connectivity index is 1.62. The monoisotopic (exact) mass is 285 g/mol. The SMILES string of the molecule is O=C(Nc1ccncc1)c1ccc(OC2CCOC2)nc1. The number of rotatable bonds is 4. The van der Waals surface area contributed by atoms with Crippen molar-refractivity contribution in [3.63, 3.8) is 0 Å². The summed E-state index contributed by atoms with van der Waals surface area (Å²) >= 11 is 0. The minimum absolute atomic E-state index is 0.0500. The van der Waals surface area contributed by atoms with Gasteiger partial charge in [-0.1, -0.05) is 0 Å². The molecular formula is C15H15N3O3. The van der Waals surface area contributed by atoms with Crippen molar-refractivity contribution in [1.82, 2.24) is 9.97 Å². The predicted molar refractivity (Wildman–Crippen MR) is 76.3 cm³/mol. The van der Waals surface area contributed by atoms with E-state index in [1.165, 1.54) is 6.20 Å². The molecule has 0 aromatic carbocycles. The lowest BCUT2D eigenvalue weighted by Crippen LogP contribution is -2.17. The van der Waals surface area contributed by atoms with Crippen LogP contribution in [0.15, 0.2) is 42.9 Å². The molecule has 0 radical (unpaired) electrons. The van der Waals surface area contributed by atoms with Crippen LogP contribution in [-0.4, -0.2) is 35.2 Å². The van der Waals surface area contributed by atoms with Crippen LogP contribution >= 0.6 is 0 Å². The van der Waals surface area contributed by atoms with Crippen molar-refractivity contribution in [2.45, 2.75) is 12.5 Å². The molecular weight excluding hydrogens is 270 g/mol. The molecule has 0 bridgehead atoms. The van der Waals surface area contributed by atoms with Gasteiger partial charge in [-0.2, -0.15) is 0 Å². The highest BCUT2D eigenvalue weighted by molar-refractivity contribution is 6.04. The third kappa shape index (κ3) is 3.55. The van der Waals surface area contributed by atoms with Gasteiger partial charge in [0.1, 0.15) is 6.10 Å². The molecule has 1 aliphatic rings. The Morgan fingerprint density at radius 3 is 2.81 bits per heavy atom. The molecule has 1 N–H and O–H groups in total. The van der Waals surface area contributed by atoms with Gasteiger partial charge in [0.25, 0.3) is 5.91 Å². The molecule has 1 amide bonds. The van der Waals surface area contributed by atoms with E-state index in [1.807, 2.05) is 0 Å². The molecule has 21 heavy (non-hydrogen) atoms. The molecule has 2 aromatic rings. The van der Waals surface area contributed by atoms with Gasteiger partial charge in [-0.15, -0.1) is 0 Å². The maximum Gasteiger partial charge on any atom is 0.257 e. The van der Waals surface area contributed by atoms with Crippen LogP contribution in [0.2, 0.25) is 0 Å². The molecule has 1 saturated heterocycles. The first-order chi connectivity index (χ1) is 10.3. The Labute approximate surface area is 122 Å². The Morgan fingerprint density at radius 1 is 1.29 bits per heavy atom. The summed E-state index contributed by atoms with van der Waals surface area (Å²) in [6.45, 7) is 1.31. The van der Waals surface area contributed by atoms with Crippen LogP contribution in [0.1, 0.15) is 16.8 Å². The fourth-order valence-electron chi connectivity index (χ4n) is 2.00. The Morgan fingerprint density at radius 2 is 2.14 bits per heavy atom. The number of carbonyl (C=O) groups excluding carboxylic acids is 1. The number of pyridine rings is 2. The van der Waals surface area contributed by atoms with E-state index in [9.17, 15) is 4.79 Å². The summed E-state index contributed by atoms with van der Waals surface area (Å²) in [5.41, 5.74) is 1.17. The van der Waals surface area contributed by atoms with Crippen LogP contribution in [0.3, 0.4) is 0 Å². The summed E-state index contributed by atoms with van der Waals surface area (Å²) in [6.07, 6.45) is 5.66. The van der Waals surface area contributed by atoms with Gasteiger partial charge in [0.05, 0.1) is 18.8 Å². The van der Waals surface area contributed by atoms with E-state index in [0.29, 0.717) is 23.7 Å².